The maximum Gasteiger partial charge on any atom is 0.419 e. The third-order valence-corrected chi connectivity index (χ3v) is 7.28. The lowest BCUT2D eigenvalue weighted by Gasteiger charge is -2.31. The van der Waals surface area contributed by atoms with Crippen LogP contribution in [-0.2, 0) is 35.2 Å². The fourth-order valence-corrected chi connectivity index (χ4v) is 5.21. The normalized spacial score (nSPS) is 18.8. The predicted molar refractivity (Wildman–Crippen MR) is 132 cm³/mol. The molecule has 192 valence electrons. The summed E-state index contributed by atoms with van der Waals surface area (Å²) in [6, 6.07) is 15.9. The van der Waals surface area contributed by atoms with Crippen LogP contribution >= 0.6 is 11.6 Å². The fraction of sp³-hybridized carbons (Fsp3) is 0.286. The quantitative estimate of drug-likeness (QED) is 0.390. The monoisotopic (exact) mass is 530 g/mol. The second-order valence-electron chi connectivity index (χ2n) is 9.47. The average Bonchev–Trinajstić information content (AvgIpc) is 3.66. The fourth-order valence-electron chi connectivity index (χ4n) is 4.99. The van der Waals surface area contributed by atoms with E-state index in [1.807, 2.05) is 41.3 Å². The molecule has 2 amide bonds. The molecule has 0 saturated heterocycles. The van der Waals surface area contributed by atoms with Gasteiger partial charge in [-0.2, -0.15) is 13.2 Å². The van der Waals surface area contributed by atoms with Crippen molar-refractivity contribution in [1.29, 1.82) is 0 Å². The van der Waals surface area contributed by atoms with Gasteiger partial charge in [-0.05, 0) is 59.2 Å². The van der Waals surface area contributed by atoms with Gasteiger partial charge in [0.15, 0.2) is 0 Å². The van der Waals surface area contributed by atoms with E-state index in [0.717, 1.165) is 23.6 Å². The van der Waals surface area contributed by atoms with E-state index in [9.17, 15) is 27.2 Å². The van der Waals surface area contributed by atoms with Crippen LogP contribution in [0.25, 0.3) is 0 Å². The number of carbonyl (C=O) groups is 2. The number of rotatable bonds is 5. The Morgan fingerprint density at radius 1 is 1.05 bits per heavy atom. The lowest BCUT2D eigenvalue weighted by Crippen LogP contribution is -2.37. The number of carbonyl (C=O) groups excluding carboxylic acids is 2. The minimum Gasteiger partial charge on any atom is -0.338 e. The predicted octanol–water partition coefficient (Wildman–Crippen LogP) is 6.37. The summed E-state index contributed by atoms with van der Waals surface area (Å²) >= 11 is 6.37. The van der Waals surface area contributed by atoms with Crippen molar-refractivity contribution in [3.8, 4) is 0 Å². The third kappa shape index (κ3) is 5.34. The van der Waals surface area contributed by atoms with Crippen LogP contribution in [0.2, 0.25) is 5.02 Å². The van der Waals surface area contributed by atoms with E-state index in [2.05, 4.69) is 5.32 Å². The molecule has 9 heteroatoms. The van der Waals surface area contributed by atoms with Gasteiger partial charge in [-0.15, -0.1) is 0 Å². The second kappa shape index (κ2) is 9.82. The van der Waals surface area contributed by atoms with Crippen LogP contribution in [0.3, 0.4) is 0 Å². The van der Waals surface area contributed by atoms with Gasteiger partial charge in [-0.1, -0.05) is 54.1 Å². The molecule has 1 saturated carbocycles. The number of nitrogens with zero attached hydrogens (tertiary/aromatic N) is 1. The lowest BCUT2D eigenvalue weighted by molar-refractivity contribution is -0.140. The van der Waals surface area contributed by atoms with Gasteiger partial charge in [0.2, 0.25) is 11.8 Å². The first kappa shape index (κ1) is 25.3. The highest BCUT2D eigenvalue weighted by atomic mass is 35.5. The minimum atomic E-state index is -4.81. The number of hydrogen-bond acceptors (Lipinski definition) is 2. The average molecular weight is 531 g/mol. The van der Waals surface area contributed by atoms with Gasteiger partial charge in [0, 0.05) is 19.0 Å². The molecule has 1 aliphatic carbocycles. The van der Waals surface area contributed by atoms with Crippen molar-refractivity contribution in [2.45, 2.75) is 37.9 Å². The molecular formula is C28H23ClF4N2O2. The van der Waals surface area contributed by atoms with Crippen molar-refractivity contribution < 1.29 is 27.2 Å². The zero-order chi connectivity index (χ0) is 26.3. The van der Waals surface area contributed by atoms with Gasteiger partial charge in [0.1, 0.15) is 5.82 Å². The van der Waals surface area contributed by atoms with Gasteiger partial charge in [-0.3, -0.25) is 9.59 Å². The molecule has 1 heterocycles. The first-order valence-corrected chi connectivity index (χ1v) is 12.3. The van der Waals surface area contributed by atoms with Crippen molar-refractivity contribution in [2.24, 2.45) is 5.92 Å². The largest absolute Gasteiger partial charge is 0.419 e. The van der Waals surface area contributed by atoms with Crippen LogP contribution < -0.4 is 5.32 Å². The van der Waals surface area contributed by atoms with E-state index in [0.29, 0.717) is 42.4 Å². The van der Waals surface area contributed by atoms with Crippen molar-refractivity contribution in [3.05, 3.63) is 99.3 Å². The van der Waals surface area contributed by atoms with Gasteiger partial charge in [-0.25, -0.2) is 4.39 Å². The summed E-state index contributed by atoms with van der Waals surface area (Å²) < 4.78 is 52.3. The molecule has 2 atom stereocenters. The summed E-state index contributed by atoms with van der Waals surface area (Å²) in [6.07, 6.45) is -3.80. The number of hydrogen-bond donors (Lipinski definition) is 1. The maximum atomic E-state index is 13.9. The molecule has 1 aliphatic heterocycles. The highest BCUT2D eigenvalue weighted by Crippen LogP contribution is 2.49. The number of nitrogens with one attached hydrogen (secondary N) is 1. The van der Waals surface area contributed by atoms with E-state index < -0.39 is 23.5 Å². The molecule has 0 bridgehead atoms. The highest BCUT2D eigenvalue weighted by molar-refractivity contribution is 6.34. The summed E-state index contributed by atoms with van der Waals surface area (Å²) in [7, 11) is 0. The molecule has 0 aromatic heterocycles. The van der Waals surface area contributed by atoms with Crippen molar-refractivity contribution in [1.82, 2.24) is 4.90 Å². The Balaban J connectivity index is 1.26. The highest BCUT2D eigenvalue weighted by Gasteiger charge is 2.46. The summed E-state index contributed by atoms with van der Waals surface area (Å²) in [5.74, 6) is -1.63. The van der Waals surface area contributed by atoms with E-state index >= 15 is 0 Å². The molecule has 0 radical (unpaired) electrons. The van der Waals surface area contributed by atoms with E-state index in [-0.39, 0.29) is 29.7 Å². The van der Waals surface area contributed by atoms with Gasteiger partial charge >= 0.3 is 6.18 Å². The number of amides is 2. The molecule has 4 nitrogen and oxygen atoms in total. The SMILES string of the molecule is O=C(Cc1ccc(C(F)(F)F)c(F)c1)Nc1c(Cl)ccc2c1CCN(C(=O)C1CC1c1ccccc1)C2. The van der Waals surface area contributed by atoms with Crippen LogP contribution in [0.4, 0.5) is 23.2 Å². The molecular weight excluding hydrogens is 508 g/mol. The first-order valence-electron chi connectivity index (χ1n) is 11.9. The van der Waals surface area contributed by atoms with E-state index in [1.54, 1.807) is 6.07 Å². The van der Waals surface area contributed by atoms with Crippen LogP contribution in [0, 0.1) is 11.7 Å². The second-order valence-corrected chi connectivity index (χ2v) is 9.87. The number of anilines is 1. The molecule has 2 unspecified atom stereocenters. The summed E-state index contributed by atoms with van der Waals surface area (Å²) in [4.78, 5) is 27.6. The van der Waals surface area contributed by atoms with Gasteiger partial charge < -0.3 is 10.2 Å². The molecule has 37 heavy (non-hydrogen) atoms. The number of halogens is 5. The van der Waals surface area contributed by atoms with Crippen molar-refractivity contribution >= 4 is 29.1 Å². The number of alkyl halides is 3. The van der Waals surface area contributed by atoms with Crippen LogP contribution in [0.15, 0.2) is 60.7 Å². The zero-order valence-electron chi connectivity index (χ0n) is 19.6. The Kier molecular flexibility index (Phi) is 6.70. The van der Waals surface area contributed by atoms with Crippen molar-refractivity contribution in [2.75, 3.05) is 11.9 Å². The zero-order valence-corrected chi connectivity index (χ0v) is 20.4. The van der Waals surface area contributed by atoms with Crippen LogP contribution in [0.1, 0.15) is 40.2 Å². The molecule has 5 rings (SSSR count). The Labute approximate surface area is 216 Å². The van der Waals surface area contributed by atoms with Crippen molar-refractivity contribution in [3.63, 3.8) is 0 Å². The standard InChI is InChI=1S/C28H23ClF4N2O2/c29-23-9-7-18-15-35(27(37)21-14-20(21)17-4-2-1-3-5-17)11-10-19(18)26(23)34-25(36)13-16-6-8-22(24(30)12-16)28(31,32)33/h1-9,12,20-21H,10-11,13-15H2,(H,34,36). The first-order chi connectivity index (χ1) is 17.6. The molecule has 0 spiro atoms. The van der Waals surface area contributed by atoms with Gasteiger partial charge in [0.05, 0.1) is 22.7 Å². The number of fused-ring (bicyclic) bond motifs is 1. The summed E-state index contributed by atoms with van der Waals surface area (Å²) in [5, 5.41) is 3.06. The topological polar surface area (TPSA) is 49.4 Å². The molecule has 3 aromatic rings. The molecule has 1 N–H and O–H groups in total. The Hall–Kier alpha value is -3.39. The summed E-state index contributed by atoms with van der Waals surface area (Å²) in [6.45, 7) is 0.882. The Bertz CT molecular complexity index is 1360. The smallest absolute Gasteiger partial charge is 0.338 e. The maximum absolute atomic E-state index is 13.9. The Morgan fingerprint density at radius 3 is 2.51 bits per heavy atom. The van der Waals surface area contributed by atoms with E-state index in [1.165, 1.54) is 5.56 Å². The molecule has 2 aliphatic rings. The lowest BCUT2D eigenvalue weighted by atomic mass is 9.96. The Morgan fingerprint density at radius 2 is 1.81 bits per heavy atom. The van der Waals surface area contributed by atoms with E-state index in [4.69, 9.17) is 11.6 Å². The van der Waals surface area contributed by atoms with Crippen LogP contribution in [0.5, 0.6) is 0 Å². The van der Waals surface area contributed by atoms with Gasteiger partial charge in [0.25, 0.3) is 0 Å². The summed E-state index contributed by atoms with van der Waals surface area (Å²) in [5.41, 5.74) is 2.01. The minimum absolute atomic E-state index is 0.0282. The molecule has 1 fully saturated rings. The number of benzene rings is 3. The molecule has 3 aromatic carbocycles. The third-order valence-electron chi connectivity index (χ3n) is 6.97. The van der Waals surface area contributed by atoms with Crippen LogP contribution in [-0.4, -0.2) is 23.3 Å².